The van der Waals surface area contributed by atoms with Crippen LogP contribution in [0.4, 0.5) is 5.69 Å². The third-order valence-electron chi connectivity index (χ3n) is 5.83. The molecule has 0 aliphatic carbocycles. The van der Waals surface area contributed by atoms with Gasteiger partial charge in [-0.25, -0.2) is 8.42 Å². The maximum atomic E-state index is 13.7. The van der Waals surface area contributed by atoms with Crippen LogP contribution in [0.15, 0.2) is 48.5 Å². The number of amides is 2. The van der Waals surface area contributed by atoms with E-state index in [1.54, 1.807) is 12.1 Å². The number of sulfonamides is 1. The molecule has 0 spiro atoms. The second-order valence-corrected chi connectivity index (χ2v) is 11.2. The SMILES string of the molecule is CCc1ccccc1N(CC(=O)N(Cc1cccc(C)c1)[C@@H](CC)C(=O)NCC(C)C)S(C)(=O)=O. The van der Waals surface area contributed by atoms with Gasteiger partial charge in [0.1, 0.15) is 12.6 Å². The number of para-hydroxylation sites is 1. The van der Waals surface area contributed by atoms with Gasteiger partial charge in [0.15, 0.2) is 0 Å². The molecule has 0 aromatic heterocycles. The fourth-order valence-electron chi connectivity index (χ4n) is 4.00. The molecule has 0 bridgehead atoms. The van der Waals surface area contributed by atoms with Crippen LogP contribution in [0, 0.1) is 12.8 Å². The first kappa shape index (κ1) is 28.4. The van der Waals surface area contributed by atoms with Crippen LogP contribution >= 0.6 is 0 Å². The summed E-state index contributed by atoms with van der Waals surface area (Å²) in [6.07, 6.45) is 2.13. The van der Waals surface area contributed by atoms with Crippen LogP contribution in [0.2, 0.25) is 0 Å². The highest BCUT2D eigenvalue weighted by Gasteiger charge is 2.32. The minimum Gasteiger partial charge on any atom is -0.354 e. The molecule has 0 aliphatic rings. The van der Waals surface area contributed by atoms with E-state index >= 15 is 0 Å². The number of carbonyl (C=O) groups is 2. The van der Waals surface area contributed by atoms with Gasteiger partial charge in [0, 0.05) is 13.1 Å². The summed E-state index contributed by atoms with van der Waals surface area (Å²) in [7, 11) is -3.75. The first-order valence-electron chi connectivity index (χ1n) is 12.2. The summed E-state index contributed by atoms with van der Waals surface area (Å²) in [5, 5.41) is 2.93. The Morgan fingerprint density at radius 3 is 2.29 bits per heavy atom. The van der Waals surface area contributed by atoms with Crippen LogP contribution in [-0.4, -0.2) is 50.5 Å². The number of carbonyl (C=O) groups excluding carboxylic acids is 2. The molecule has 0 aliphatic heterocycles. The van der Waals surface area contributed by atoms with E-state index in [1.165, 1.54) is 4.90 Å². The quantitative estimate of drug-likeness (QED) is 0.478. The topological polar surface area (TPSA) is 86.8 Å². The minimum atomic E-state index is -3.75. The predicted octanol–water partition coefficient (Wildman–Crippen LogP) is 3.90. The number of anilines is 1. The fourth-order valence-corrected chi connectivity index (χ4v) is 4.88. The zero-order chi connectivity index (χ0) is 26.2. The summed E-state index contributed by atoms with van der Waals surface area (Å²) in [6.45, 7) is 10.1. The van der Waals surface area contributed by atoms with Gasteiger partial charge in [0.2, 0.25) is 21.8 Å². The van der Waals surface area contributed by atoms with Crippen molar-refractivity contribution in [2.45, 2.75) is 60.0 Å². The van der Waals surface area contributed by atoms with E-state index in [1.807, 2.05) is 71.0 Å². The standard InChI is InChI=1S/C27H39N3O4S/c1-7-23-14-9-10-15-25(23)30(35(6,33)34)19-26(31)29(18-22-13-11-12-21(5)16-22)24(8-2)27(32)28-17-20(3)4/h9-16,20,24H,7-8,17-19H2,1-6H3,(H,28,32)/t24-/m0/s1. The van der Waals surface area contributed by atoms with E-state index in [2.05, 4.69) is 5.32 Å². The molecule has 1 atom stereocenters. The maximum absolute atomic E-state index is 13.7. The molecule has 35 heavy (non-hydrogen) atoms. The largest absolute Gasteiger partial charge is 0.354 e. The van der Waals surface area contributed by atoms with Gasteiger partial charge < -0.3 is 10.2 Å². The van der Waals surface area contributed by atoms with E-state index in [0.717, 1.165) is 27.3 Å². The molecule has 8 heteroatoms. The molecule has 192 valence electrons. The van der Waals surface area contributed by atoms with E-state index in [0.29, 0.717) is 25.1 Å². The third kappa shape index (κ3) is 8.09. The van der Waals surface area contributed by atoms with Crippen LogP contribution in [0.25, 0.3) is 0 Å². The van der Waals surface area contributed by atoms with Gasteiger partial charge in [-0.2, -0.15) is 0 Å². The summed E-state index contributed by atoms with van der Waals surface area (Å²) in [4.78, 5) is 28.4. The van der Waals surface area contributed by atoms with Crippen molar-refractivity contribution in [2.24, 2.45) is 5.92 Å². The van der Waals surface area contributed by atoms with Crippen molar-refractivity contribution < 1.29 is 18.0 Å². The van der Waals surface area contributed by atoms with Gasteiger partial charge in [0.05, 0.1) is 11.9 Å². The molecule has 2 rings (SSSR count). The Kier molecular flexibility index (Phi) is 10.3. The van der Waals surface area contributed by atoms with E-state index in [4.69, 9.17) is 0 Å². The average molecular weight is 502 g/mol. The lowest BCUT2D eigenvalue weighted by Crippen LogP contribution is -2.52. The first-order valence-corrected chi connectivity index (χ1v) is 14.0. The first-order chi connectivity index (χ1) is 16.5. The van der Waals surface area contributed by atoms with Gasteiger partial charge in [-0.05, 0) is 42.9 Å². The number of hydrogen-bond acceptors (Lipinski definition) is 4. The Hall–Kier alpha value is -2.87. The number of rotatable bonds is 12. The normalized spacial score (nSPS) is 12.3. The molecule has 0 saturated carbocycles. The van der Waals surface area contributed by atoms with Crippen molar-refractivity contribution in [3.8, 4) is 0 Å². The lowest BCUT2D eigenvalue weighted by Gasteiger charge is -2.33. The van der Waals surface area contributed by atoms with Crippen LogP contribution in [0.5, 0.6) is 0 Å². The molecule has 0 fully saturated rings. The van der Waals surface area contributed by atoms with Crippen LogP contribution in [-0.2, 0) is 32.6 Å². The number of aryl methyl sites for hydroxylation is 2. The summed E-state index contributed by atoms with van der Waals surface area (Å²) in [5.74, 6) is -0.389. The Balaban J connectivity index is 2.46. The predicted molar refractivity (Wildman–Crippen MR) is 142 cm³/mol. The van der Waals surface area contributed by atoms with Crippen molar-refractivity contribution in [3.63, 3.8) is 0 Å². The van der Waals surface area contributed by atoms with E-state index in [9.17, 15) is 18.0 Å². The Morgan fingerprint density at radius 1 is 1.03 bits per heavy atom. The van der Waals surface area contributed by atoms with Crippen molar-refractivity contribution in [3.05, 3.63) is 65.2 Å². The molecule has 0 radical (unpaired) electrons. The highest BCUT2D eigenvalue weighted by Crippen LogP contribution is 2.24. The number of nitrogens with one attached hydrogen (secondary N) is 1. The van der Waals surface area contributed by atoms with Crippen LogP contribution < -0.4 is 9.62 Å². The lowest BCUT2D eigenvalue weighted by molar-refractivity contribution is -0.140. The van der Waals surface area contributed by atoms with E-state index in [-0.39, 0.29) is 24.9 Å². The second-order valence-electron chi connectivity index (χ2n) is 9.33. The highest BCUT2D eigenvalue weighted by atomic mass is 32.2. The number of benzene rings is 2. The monoisotopic (exact) mass is 501 g/mol. The molecular formula is C27H39N3O4S. The van der Waals surface area contributed by atoms with Crippen molar-refractivity contribution in [1.82, 2.24) is 10.2 Å². The number of nitrogens with zero attached hydrogens (tertiary/aromatic N) is 2. The van der Waals surface area contributed by atoms with E-state index < -0.39 is 22.0 Å². The second kappa shape index (κ2) is 12.7. The Morgan fingerprint density at radius 2 is 1.71 bits per heavy atom. The van der Waals surface area contributed by atoms with Crippen LogP contribution in [0.1, 0.15) is 50.8 Å². The maximum Gasteiger partial charge on any atom is 0.244 e. The molecular weight excluding hydrogens is 462 g/mol. The molecule has 1 N–H and O–H groups in total. The zero-order valence-electron chi connectivity index (χ0n) is 21.7. The Labute approximate surface area is 210 Å². The lowest BCUT2D eigenvalue weighted by atomic mass is 10.1. The van der Waals surface area contributed by atoms with Gasteiger partial charge in [-0.3, -0.25) is 13.9 Å². The van der Waals surface area contributed by atoms with Crippen molar-refractivity contribution in [1.29, 1.82) is 0 Å². The summed E-state index contributed by atoms with van der Waals surface area (Å²) in [5.41, 5.74) is 3.24. The highest BCUT2D eigenvalue weighted by molar-refractivity contribution is 7.92. The van der Waals surface area contributed by atoms with Crippen molar-refractivity contribution in [2.75, 3.05) is 23.7 Å². The van der Waals surface area contributed by atoms with Gasteiger partial charge >= 0.3 is 0 Å². The smallest absolute Gasteiger partial charge is 0.244 e. The number of hydrogen-bond donors (Lipinski definition) is 1. The molecule has 2 aromatic carbocycles. The molecule has 2 amide bonds. The van der Waals surface area contributed by atoms with Gasteiger partial charge in [-0.1, -0.05) is 75.7 Å². The minimum absolute atomic E-state index is 0.209. The molecule has 7 nitrogen and oxygen atoms in total. The van der Waals surface area contributed by atoms with Gasteiger partial charge in [-0.15, -0.1) is 0 Å². The van der Waals surface area contributed by atoms with Crippen LogP contribution in [0.3, 0.4) is 0 Å². The average Bonchev–Trinajstić information content (AvgIpc) is 2.80. The molecule has 0 unspecified atom stereocenters. The summed E-state index contributed by atoms with van der Waals surface area (Å²) in [6, 6.07) is 14.2. The zero-order valence-corrected chi connectivity index (χ0v) is 22.6. The third-order valence-corrected chi connectivity index (χ3v) is 6.95. The summed E-state index contributed by atoms with van der Waals surface area (Å²) >= 11 is 0. The molecule has 0 heterocycles. The van der Waals surface area contributed by atoms with Crippen molar-refractivity contribution >= 4 is 27.5 Å². The molecule has 2 aromatic rings. The Bertz CT molecular complexity index is 1110. The van der Waals surface area contributed by atoms with Gasteiger partial charge in [0.25, 0.3) is 0 Å². The molecule has 0 saturated heterocycles. The summed E-state index contributed by atoms with van der Waals surface area (Å²) < 4.78 is 26.7. The fraction of sp³-hybridized carbons (Fsp3) is 0.481.